The highest BCUT2D eigenvalue weighted by Gasteiger charge is 2.58. The van der Waals surface area contributed by atoms with Gasteiger partial charge >= 0.3 is 0 Å². The van der Waals surface area contributed by atoms with Gasteiger partial charge in [0.25, 0.3) is 5.91 Å². The molecule has 2 amide bonds. The summed E-state index contributed by atoms with van der Waals surface area (Å²) in [6, 6.07) is 4.91. The maximum Gasteiger partial charge on any atom is 0.255 e. The summed E-state index contributed by atoms with van der Waals surface area (Å²) in [5.74, 6) is -0.575. The first kappa shape index (κ1) is 16.8. The largest absolute Gasteiger partial charge is 0.507 e. The number of rotatable bonds is 5. The van der Waals surface area contributed by atoms with Crippen molar-refractivity contribution in [2.45, 2.75) is 51.2 Å². The van der Waals surface area contributed by atoms with Crippen LogP contribution >= 0.6 is 0 Å². The Balaban J connectivity index is 1.43. The third kappa shape index (κ3) is 2.98. The van der Waals surface area contributed by atoms with E-state index in [1.807, 2.05) is 6.92 Å². The molecule has 6 heteroatoms. The molecule has 0 radical (unpaired) electrons. The van der Waals surface area contributed by atoms with E-state index in [1.54, 1.807) is 12.1 Å². The second kappa shape index (κ2) is 6.43. The van der Waals surface area contributed by atoms with Gasteiger partial charge in [0, 0.05) is 24.4 Å². The molecular weight excluding hydrogens is 308 g/mol. The molecule has 1 aromatic rings. The normalized spacial score (nSPS) is 23.9. The van der Waals surface area contributed by atoms with Gasteiger partial charge in [-0.3, -0.25) is 9.59 Å². The molecule has 0 aromatic heterocycles. The molecule has 1 spiro atoms. The van der Waals surface area contributed by atoms with Gasteiger partial charge in [-0.05, 0) is 43.9 Å². The lowest BCUT2D eigenvalue weighted by molar-refractivity contribution is -0.154. The van der Waals surface area contributed by atoms with Crippen molar-refractivity contribution >= 4 is 11.8 Å². The number of benzene rings is 1. The quantitative estimate of drug-likeness (QED) is 0.652. The Labute approximate surface area is 141 Å². The van der Waals surface area contributed by atoms with E-state index in [0.717, 1.165) is 24.8 Å². The summed E-state index contributed by atoms with van der Waals surface area (Å²) < 4.78 is 0. The first-order valence-electron chi connectivity index (χ1n) is 8.47. The molecule has 2 aliphatic carbocycles. The number of phenols is 1. The van der Waals surface area contributed by atoms with Crippen LogP contribution in [0.2, 0.25) is 0 Å². The second-order valence-corrected chi connectivity index (χ2v) is 6.98. The molecular formula is C18H24N2O4. The van der Waals surface area contributed by atoms with Gasteiger partial charge in [-0.1, -0.05) is 12.5 Å². The molecule has 24 heavy (non-hydrogen) atoms. The molecule has 2 saturated carbocycles. The second-order valence-electron chi connectivity index (χ2n) is 6.98. The van der Waals surface area contributed by atoms with Crippen LogP contribution < -0.4 is 10.6 Å². The Hall–Kier alpha value is -2.08. The van der Waals surface area contributed by atoms with Crippen molar-refractivity contribution in [3.05, 3.63) is 29.3 Å². The van der Waals surface area contributed by atoms with Crippen molar-refractivity contribution < 1.29 is 19.8 Å². The average Bonchev–Trinajstić information content (AvgIpc) is 2.44. The number of amides is 2. The van der Waals surface area contributed by atoms with Crippen LogP contribution in [-0.2, 0) is 4.79 Å². The number of aromatic hydroxyl groups is 1. The number of nitrogens with one attached hydrogen (secondary N) is 2. The molecule has 130 valence electrons. The zero-order valence-electron chi connectivity index (χ0n) is 13.8. The molecule has 4 N–H and O–H groups in total. The molecule has 0 saturated heterocycles. The molecule has 2 aliphatic rings. The Morgan fingerprint density at radius 3 is 2.67 bits per heavy atom. The highest BCUT2D eigenvalue weighted by molar-refractivity contribution is 5.97. The molecule has 2 fully saturated rings. The fraction of sp³-hybridized carbons (Fsp3) is 0.556. The zero-order valence-corrected chi connectivity index (χ0v) is 13.8. The van der Waals surface area contributed by atoms with Crippen LogP contribution in [0.3, 0.4) is 0 Å². The topological polar surface area (TPSA) is 98.7 Å². The molecule has 0 aliphatic heterocycles. The van der Waals surface area contributed by atoms with Gasteiger partial charge in [0.2, 0.25) is 5.91 Å². The monoisotopic (exact) mass is 332 g/mol. The number of aliphatic hydroxyl groups excluding tert-OH is 1. The van der Waals surface area contributed by atoms with Crippen molar-refractivity contribution in [1.82, 2.24) is 10.6 Å². The maximum atomic E-state index is 12.0. The van der Waals surface area contributed by atoms with E-state index in [0.29, 0.717) is 6.42 Å². The molecule has 3 rings (SSSR count). The van der Waals surface area contributed by atoms with Gasteiger partial charge in [-0.15, -0.1) is 0 Å². The van der Waals surface area contributed by atoms with Crippen LogP contribution in [0.4, 0.5) is 0 Å². The lowest BCUT2D eigenvalue weighted by Crippen LogP contribution is -2.67. The van der Waals surface area contributed by atoms with Gasteiger partial charge in [0.05, 0.1) is 11.7 Å². The van der Waals surface area contributed by atoms with Crippen LogP contribution in [-0.4, -0.2) is 40.7 Å². The SMILES string of the molecule is Cc1ccc(C(=O)NCCC(=O)NC2CC(O)C23CCC3)c(O)c1. The highest BCUT2D eigenvalue weighted by atomic mass is 16.3. The first-order valence-corrected chi connectivity index (χ1v) is 8.47. The summed E-state index contributed by atoms with van der Waals surface area (Å²) in [6.45, 7) is 2.04. The van der Waals surface area contributed by atoms with Crippen molar-refractivity contribution in [3.8, 4) is 5.75 Å². The van der Waals surface area contributed by atoms with Crippen LogP contribution in [0, 0.1) is 12.3 Å². The number of carbonyl (C=O) groups excluding carboxylic acids is 2. The molecule has 6 nitrogen and oxygen atoms in total. The maximum absolute atomic E-state index is 12.0. The lowest BCUT2D eigenvalue weighted by Gasteiger charge is -2.59. The number of aryl methyl sites for hydroxylation is 1. The Kier molecular flexibility index (Phi) is 4.49. The van der Waals surface area contributed by atoms with Crippen LogP contribution in [0.1, 0.15) is 48.0 Å². The summed E-state index contributed by atoms with van der Waals surface area (Å²) in [5.41, 5.74) is 0.986. The first-order chi connectivity index (χ1) is 11.4. The summed E-state index contributed by atoms with van der Waals surface area (Å²) in [6.07, 6.45) is 3.57. The fourth-order valence-electron chi connectivity index (χ4n) is 3.72. The highest BCUT2D eigenvalue weighted by Crippen LogP contribution is 2.55. The van der Waals surface area contributed by atoms with Gasteiger partial charge in [0.15, 0.2) is 0 Å². The average molecular weight is 332 g/mol. The minimum absolute atomic E-state index is 0.0607. The number of hydrogen-bond donors (Lipinski definition) is 4. The van der Waals surface area contributed by atoms with E-state index in [-0.39, 0.29) is 47.7 Å². The van der Waals surface area contributed by atoms with Crippen LogP contribution in [0.15, 0.2) is 18.2 Å². The third-order valence-electron chi connectivity index (χ3n) is 5.47. The lowest BCUT2D eigenvalue weighted by atomic mass is 9.51. The van der Waals surface area contributed by atoms with Gasteiger partial charge in [0.1, 0.15) is 5.75 Å². The van der Waals surface area contributed by atoms with Gasteiger partial charge < -0.3 is 20.8 Å². The van der Waals surface area contributed by atoms with E-state index in [2.05, 4.69) is 10.6 Å². The number of phenolic OH excluding ortho intramolecular Hbond substituents is 1. The summed E-state index contributed by atoms with van der Waals surface area (Å²) in [5, 5.41) is 25.3. The van der Waals surface area contributed by atoms with Crippen molar-refractivity contribution in [1.29, 1.82) is 0 Å². The van der Waals surface area contributed by atoms with Gasteiger partial charge in [-0.2, -0.15) is 0 Å². The number of hydrogen-bond acceptors (Lipinski definition) is 4. The molecule has 2 atom stereocenters. The van der Waals surface area contributed by atoms with Crippen molar-refractivity contribution in [2.24, 2.45) is 5.41 Å². The number of aliphatic hydroxyl groups is 1. The smallest absolute Gasteiger partial charge is 0.255 e. The Morgan fingerprint density at radius 1 is 1.33 bits per heavy atom. The Morgan fingerprint density at radius 2 is 2.08 bits per heavy atom. The van der Waals surface area contributed by atoms with Crippen molar-refractivity contribution in [3.63, 3.8) is 0 Å². The Bertz CT molecular complexity index is 654. The van der Waals surface area contributed by atoms with Crippen LogP contribution in [0.5, 0.6) is 5.75 Å². The zero-order chi connectivity index (χ0) is 17.3. The van der Waals surface area contributed by atoms with Crippen molar-refractivity contribution in [2.75, 3.05) is 6.54 Å². The van der Waals surface area contributed by atoms with E-state index >= 15 is 0 Å². The molecule has 2 unspecified atom stereocenters. The van der Waals surface area contributed by atoms with E-state index in [1.165, 1.54) is 6.07 Å². The van der Waals surface area contributed by atoms with E-state index in [9.17, 15) is 19.8 Å². The molecule has 0 heterocycles. The summed E-state index contributed by atoms with van der Waals surface area (Å²) >= 11 is 0. The van der Waals surface area contributed by atoms with Gasteiger partial charge in [-0.25, -0.2) is 0 Å². The molecule has 0 bridgehead atoms. The van der Waals surface area contributed by atoms with E-state index < -0.39 is 5.91 Å². The van der Waals surface area contributed by atoms with Crippen LogP contribution in [0.25, 0.3) is 0 Å². The fourth-order valence-corrected chi connectivity index (χ4v) is 3.72. The summed E-state index contributed by atoms with van der Waals surface area (Å²) in [7, 11) is 0. The number of carbonyl (C=O) groups is 2. The third-order valence-corrected chi connectivity index (χ3v) is 5.47. The molecule has 1 aromatic carbocycles. The predicted molar refractivity (Wildman–Crippen MR) is 88.6 cm³/mol. The minimum Gasteiger partial charge on any atom is -0.507 e. The minimum atomic E-state index is -0.394. The summed E-state index contributed by atoms with van der Waals surface area (Å²) in [4.78, 5) is 24.0. The predicted octanol–water partition coefficient (Wildman–Crippen LogP) is 1.24. The standard InChI is InChI=1S/C18H24N2O4/c1-11-3-4-12(13(21)9-11)17(24)19-8-5-16(23)20-14-10-15(22)18(14)6-2-7-18/h3-4,9,14-15,21-22H,2,5-8,10H2,1H3,(H,19,24)(H,20,23). The van der Waals surface area contributed by atoms with E-state index in [4.69, 9.17) is 0 Å².